The standard InChI is InChI=1S/C5H8F3NO2.ClH/c6-5(7,8)3-11-4(10)1-2-9;/h1-3,9H2;1H. The smallest absolute Gasteiger partial charge is 0.422 e. The molecule has 0 amide bonds. The highest BCUT2D eigenvalue weighted by atomic mass is 35.5. The van der Waals surface area contributed by atoms with E-state index >= 15 is 0 Å². The number of hydrogen-bond donors (Lipinski definition) is 1. The Kier molecular flexibility index (Phi) is 7.12. The van der Waals surface area contributed by atoms with Crippen molar-refractivity contribution in [3.05, 3.63) is 0 Å². The number of alkyl halides is 3. The first kappa shape index (κ1) is 14.1. The highest BCUT2D eigenvalue weighted by Crippen LogP contribution is 2.14. The Morgan fingerprint density at radius 2 is 1.92 bits per heavy atom. The highest BCUT2D eigenvalue weighted by molar-refractivity contribution is 5.85. The summed E-state index contributed by atoms with van der Waals surface area (Å²) in [5.74, 6) is -0.926. The Bertz CT molecular complexity index is 139. The third kappa shape index (κ3) is 9.51. The van der Waals surface area contributed by atoms with Gasteiger partial charge in [0.25, 0.3) is 0 Å². The Balaban J connectivity index is 0. The van der Waals surface area contributed by atoms with Gasteiger partial charge >= 0.3 is 12.1 Å². The number of nitrogens with two attached hydrogens (primary N) is 1. The molecular weight excluding hydrogens is 199 g/mol. The molecule has 0 bridgehead atoms. The first-order valence-corrected chi connectivity index (χ1v) is 2.88. The third-order valence-corrected chi connectivity index (χ3v) is 0.745. The minimum absolute atomic E-state index is 0. The lowest BCUT2D eigenvalue weighted by molar-refractivity contribution is -0.186. The van der Waals surface area contributed by atoms with Crippen LogP contribution in [-0.2, 0) is 9.53 Å². The van der Waals surface area contributed by atoms with Crippen LogP contribution < -0.4 is 5.73 Å². The molecule has 74 valence electrons. The SMILES string of the molecule is Cl.NCCC(=O)OCC(F)(F)F. The average molecular weight is 208 g/mol. The minimum atomic E-state index is -4.45. The van der Waals surface area contributed by atoms with E-state index in [0.29, 0.717) is 0 Å². The summed E-state index contributed by atoms with van der Waals surface area (Å²) < 4.78 is 37.8. The van der Waals surface area contributed by atoms with Gasteiger partial charge in [0.1, 0.15) is 0 Å². The Morgan fingerprint density at radius 1 is 1.42 bits per heavy atom. The molecule has 0 heterocycles. The van der Waals surface area contributed by atoms with Crippen molar-refractivity contribution < 1.29 is 22.7 Å². The lowest BCUT2D eigenvalue weighted by atomic mass is 10.4. The zero-order valence-corrected chi connectivity index (χ0v) is 6.87. The van der Waals surface area contributed by atoms with Crippen LogP contribution in [0.15, 0.2) is 0 Å². The Labute approximate surface area is 73.5 Å². The molecule has 7 heteroatoms. The molecule has 12 heavy (non-hydrogen) atoms. The van der Waals surface area contributed by atoms with Crippen LogP contribution in [0.25, 0.3) is 0 Å². The van der Waals surface area contributed by atoms with Gasteiger partial charge in [-0.3, -0.25) is 4.79 Å². The zero-order chi connectivity index (χ0) is 8.91. The van der Waals surface area contributed by atoms with Crippen molar-refractivity contribution in [2.75, 3.05) is 13.2 Å². The number of ether oxygens (including phenoxy) is 1. The molecule has 0 unspecified atom stereocenters. The fraction of sp³-hybridized carbons (Fsp3) is 0.800. The highest BCUT2D eigenvalue weighted by Gasteiger charge is 2.29. The summed E-state index contributed by atoms with van der Waals surface area (Å²) >= 11 is 0. The monoisotopic (exact) mass is 207 g/mol. The minimum Gasteiger partial charge on any atom is -0.456 e. The van der Waals surface area contributed by atoms with Crippen molar-refractivity contribution in [2.24, 2.45) is 5.73 Å². The van der Waals surface area contributed by atoms with Gasteiger partial charge in [-0.1, -0.05) is 0 Å². The van der Waals surface area contributed by atoms with E-state index in [-0.39, 0.29) is 25.4 Å². The molecule has 0 aliphatic carbocycles. The molecule has 2 N–H and O–H groups in total. The van der Waals surface area contributed by atoms with Gasteiger partial charge in [-0.25, -0.2) is 0 Å². The normalized spacial score (nSPS) is 10.3. The predicted octanol–water partition coefficient (Wildman–Crippen LogP) is 0.863. The summed E-state index contributed by atoms with van der Waals surface area (Å²) in [6, 6.07) is 0. The lowest BCUT2D eigenvalue weighted by Crippen LogP contribution is -2.21. The second kappa shape index (κ2) is 6.07. The van der Waals surface area contributed by atoms with Crippen LogP contribution in [0.3, 0.4) is 0 Å². The summed E-state index contributed by atoms with van der Waals surface area (Å²) in [7, 11) is 0. The topological polar surface area (TPSA) is 52.3 Å². The molecule has 0 spiro atoms. The molecule has 0 aliphatic heterocycles. The van der Waals surface area contributed by atoms with Crippen LogP contribution in [0.1, 0.15) is 6.42 Å². The maximum atomic E-state index is 11.3. The summed E-state index contributed by atoms with van der Waals surface area (Å²) in [5, 5.41) is 0. The second-order valence-corrected chi connectivity index (χ2v) is 1.81. The quantitative estimate of drug-likeness (QED) is 0.699. The molecule has 0 aromatic heterocycles. The maximum Gasteiger partial charge on any atom is 0.422 e. The van der Waals surface area contributed by atoms with E-state index in [0.717, 1.165) is 0 Å². The summed E-state index contributed by atoms with van der Waals surface area (Å²) in [4.78, 5) is 10.3. The van der Waals surface area contributed by atoms with Gasteiger partial charge in [-0.15, -0.1) is 12.4 Å². The van der Waals surface area contributed by atoms with Crippen LogP contribution in [0.2, 0.25) is 0 Å². The second-order valence-electron chi connectivity index (χ2n) is 1.81. The van der Waals surface area contributed by atoms with E-state index in [9.17, 15) is 18.0 Å². The third-order valence-electron chi connectivity index (χ3n) is 0.745. The molecule has 0 rings (SSSR count). The van der Waals surface area contributed by atoms with Crippen LogP contribution >= 0.6 is 12.4 Å². The molecule has 3 nitrogen and oxygen atoms in total. The molecule has 0 saturated carbocycles. The average Bonchev–Trinajstić information content (AvgIpc) is 1.83. The van der Waals surface area contributed by atoms with Crippen molar-refractivity contribution >= 4 is 18.4 Å². The number of hydrogen-bond acceptors (Lipinski definition) is 3. The summed E-state index contributed by atoms with van der Waals surface area (Å²) in [5.41, 5.74) is 4.89. The molecule has 0 atom stereocenters. The van der Waals surface area contributed by atoms with Gasteiger partial charge < -0.3 is 10.5 Å². The lowest BCUT2D eigenvalue weighted by Gasteiger charge is -2.06. The predicted molar refractivity (Wildman–Crippen MR) is 37.9 cm³/mol. The van der Waals surface area contributed by atoms with Crippen molar-refractivity contribution in [3.63, 3.8) is 0 Å². The van der Waals surface area contributed by atoms with Gasteiger partial charge in [0.05, 0.1) is 6.42 Å². The van der Waals surface area contributed by atoms with Gasteiger partial charge in [0.15, 0.2) is 6.61 Å². The van der Waals surface area contributed by atoms with E-state index in [4.69, 9.17) is 5.73 Å². The van der Waals surface area contributed by atoms with E-state index in [1.54, 1.807) is 0 Å². The first-order valence-electron chi connectivity index (χ1n) is 2.88. The fourth-order valence-electron chi connectivity index (χ4n) is 0.352. The van der Waals surface area contributed by atoms with Gasteiger partial charge in [-0.2, -0.15) is 13.2 Å². The van der Waals surface area contributed by atoms with Crippen LogP contribution in [-0.4, -0.2) is 25.3 Å². The number of halogens is 4. The molecule has 0 aromatic carbocycles. The number of rotatable bonds is 3. The largest absolute Gasteiger partial charge is 0.456 e. The van der Waals surface area contributed by atoms with Crippen LogP contribution in [0.4, 0.5) is 13.2 Å². The van der Waals surface area contributed by atoms with Gasteiger partial charge in [0.2, 0.25) is 0 Å². The van der Waals surface area contributed by atoms with Crippen molar-refractivity contribution in [1.82, 2.24) is 0 Å². The van der Waals surface area contributed by atoms with Crippen LogP contribution in [0, 0.1) is 0 Å². The molecular formula is C5H9ClF3NO2. The van der Waals surface area contributed by atoms with Gasteiger partial charge in [0, 0.05) is 6.54 Å². The Morgan fingerprint density at radius 3 is 2.25 bits per heavy atom. The van der Waals surface area contributed by atoms with Crippen LogP contribution in [0.5, 0.6) is 0 Å². The number of carbonyl (C=O) groups is 1. The zero-order valence-electron chi connectivity index (χ0n) is 6.06. The molecule has 0 aliphatic rings. The number of carbonyl (C=O) groups excluding carboxylic acids is 1. The van der Waals surface area contributed by atoms with E-state index in [2.05, 4.69) is 4.74 Å². The van der Waals surface area contributed by atoms with Crippen molar-refractivity contribution in [1.29, 1.82) is 0 Å². The van der Waals surface area contributed by atoms with E-state index < -0.39 is 18.8 Å². The first-order chi connectivity index (χ1) is 4.95. The number of esters is 1. The summed E-state index contributed by atoms with van der Waals surface area (Å²) in [6.45, 7) is -1.54. The molecule has 0 fully saturated rings. The Hall–Kier alpha value is -0.490. The maximum absolute atomic E-state index is 11.3. The molecule has 0 radical (unpaired) electrons. The fourth-order valence-corrected chi connectivity index (χ4v) is 0.352. The summed E-state index contributed by atoms with van der Waals surface area (Å²) in [6.07, 6.45) is -4.64. The van der Waals surface area contributed by atoms with Crippen molar-refractivity contribution in [3.8, 4) is 0 Å². The van der Waals surface area contributed by atoms with Gasteiger partial charge in [-0.05, 0) is 0 Å². The molecule has 0 aromatic rings. The van der Waals surface area contributed by atoms with E-state index in [1.165, 1.54) is 0 Å². The van der Waals surface area contributed by atoms with Crippen molar-refractivity contribution in [2.45, 2.75) is 12.6 Å². The molecule has 0 saturated heterocycles. The van der Waals surface area contributed by atoms with E-state index in [1.807, 2.05) is 0 Å².